The van der Waals surface area contributed by atoms with Crippen molar-refractivity contribution in [1.29, 1.82) is 0 Å². The number of nitrogens with one attached hydrogen (secondary N) is 1. The quantitative estimate of drug-likeness (QED) is 0.621. The van der Waals surface area contributed by atoms with E-state index in [1.807, 2.05) is 0 Å². The number of nitrogens with zero attached hydrogens (tertiary/aromatic N) is 3. The number of thiol groups is 1. The van der Waals surface area contributed by atoms with E-state index < -0.39 is 23.1 Å². The minimum absolute atomic E-state index is 0.136. The number of hydroxylamine groups is 2. The Morgan fingerprint density at radius 3 is 2.62 bits per heavy atom. The number of hydrogen-bond donors (Lipinski definition) is 2. The van der Waals surface area contributed by atoms with Crippen LogP contribution >= 0.6 is 0 Å². The zero-order chi connectivity index (χ0) is 17.1. The van der Waals surface area contributed by atoms with Crippen molar-refractivity contribution in [2.75, 3.05) is 26.7 Å². The SMILES string of the molecule is CN1CC2(CC(NC(=O)[C@@H]3CC[C@@H]4CN3C(=O)N4O[SH](=O)=O)C2)C1. The highest BCUT2D eigenvalue weighted by atomic mass is 32.2. The molecule has 3 amide bonds. The molecule has 0 aromatic heterocycles. The molecule has 1 spiro atoms. The Kier molecular flexibility index (Phi) is 3.73. The molecule has 1 aliphatic carbocycles. The van der Waals surface area contributed by atoms with Gasteiger partial charge in [0.25, 0.3) is 11.0 Å². The molecule has 1 N–H and O–H groups in total. The van der Waals surface area contributed by atoms with Crippen LogP contribution in [0.4, 0.5) is 4.79 Å². The van der Waals surface area contributed by atoms with Crippen LogP contribution in [0.5, 0.6) is 0 Å². The topological polar surface area (TPSA) is 99.3 Å². The van der Waals surface area contributed by atoms with Crippen LogP contribution in [-0.2, 0) is 20.1 Å². The van der Waals surface area contributed by atoms with Crippen LogP contribution in [0.3, 0.4) is 0 Å². The molecule has 1 saturated carbocycles. The van der Waals surface area contributed by atoms with Crippen LogP contribution in [0, 0.1) is 5.41 Å². The highest BCUT2D eigenvalue weighted by Crippen LogP contribution is 2.47. The Labute approximate surface area is 142 Å². The number of piperidine rings is 1. The standard InChI is InChI=1S/C14H22N4O5S/c1-16-7-14(8-16)4-9(5-14)15-12(19)11-3-2-10-6-17(11)13(20)18(10)23-24(21)22/h9-11,24H,2-8H2,1H3,(H,15,19)/t10-,11+/m1/s1. The normalized spacial score (nSPS) is 32.2. The Morgan fingerprint density at radius 1 is 1.29 bits per heavy atom. The zero-order valence-corrected chi connectivity index (χ0v) is 14.4. The summed E-state index contributed by atoms with van der Waals surface area (Å²) in [5, 5.41) is 3.94. The van der Waals surface area contributed by atoms with E-state index >= 15 is 0 Å². The second-order valence-electron chi connectivity index (χ2n) is 7.60. The first-order valence-corrected chi connectivity index (χ1v) is 9.38. The van der Waals surface area contributed by atoms with Crippen molar-refractivity contribution in [2.24, 2.45) is 5.41 Å². The first kappa shape index (κ1) is 16.1. The number of hydrogen-bond acceptors (Lipinski definition) is 6. The Bertz CT molecular complexity index is 631. The van der Waals surface area contributed by atoms with Gasteiger partial charge in [-0.05, 0) is 38.1 Å². The van der Waals surface area contributed by atoms with Crippen LogP contribution in [0.15, 0.2) is 0 Å². The van der Waals surface area contributed by atoms with Gasteiger partial charge in [-0.3, -0.25) is 4.79 Å². The Balaban J connectivity index is 1.34. The van der Waals surface area contributed by atoms with Gasteiger partial charge in [-0.15, -0.1) is 4.28 Å². The van der Waals surface area contributed by atoms with Crippen LogP contribution < -0.4 is 5.32 Å². The lowest BCUT2D eigenvalue weighted by Gasteiger charge is -2.58. The van der Waals surface area contributed by atoms with E-state index in [4.69, 9.17) is 0 Å². The van der Waals surface area contributed by atoms with Gasteiger partial charge in [0.1, 0.15) is 6.04 Å². The molecule has 0 aromatic carbocycles. The minimum atomic E-state index is -3.13. The second kappa shape index (κ2) is 5.57. The van der Waals surface area contributed by atoms with Crippen LogP contribution in [0.25, 0.3) is 0 Å². The Hall–Kier alpha value is -1.39. The summed E-state index contributed by atoms with van der Waals surface area (Å²) in [6.07, 6.45) is 3.08. The molecular formula is C14H22N4O5S. The van der Waals surface area contributed by atoms with Crippen LogP contribution in [0.1, 0.15) is 25.7 Å². The van der Waals surface area contributed by atoms with E-state index in [1.165, 1.54) is 4.90 Å². The molecule has 9 nitrogen and oxygen atoms in total. The molecule has 0 radical (unpaired) electrons. The van der Waals surface area contributed by atoms with Crippen molar-refractivity contribution < 1.29 is 22.3 Å². The monoisotopic (exact) mass is 358 g/mol. The van der Waals surface area contributed by atoms with E-state index in [-0.39, 0.29) is 18.0 Å². The molecule has 2 bridgehead atoms. The van der Waals surface area contributed by atoms with Gasteiger partial charge in [-0.1, -0.05) is 0 Å². The van der Waals surface area contributed by atoms with Gasteiger partial charge in [0.2, 0.25) is 5.91 Å². The molecule has 4 fully saturated rings. The van der Waals surface area contributed by atoms with Crippen LogP contribution in [-0.4, -0.2) is 80.0 Å². The summed E-state index contributed by atoms with van der Waals surface area (Å²) in [7, 11) is -1.04. The molecule has 4 aliphatic rings. The third kappa shape index (κ3) is 2.56. The van der Waals surface area contributed by atoms with Crippen molar-refractivity contribution in [3.63, 3.8) is 0 Å². The van der Waals surface area contributed by atoms with Gasteiger partial charge in [0.05, 0.1) is 6.04 Å². The third-order valence-electron chi connectivity index (χ3n) is 5.70. The maximum absolute atomic E-state index is 12.6. The zero-order valence-electron chi connectivity index (χ0n) is 13.5. The highest BCUT2D eigenvalue weighted by molar-refractivity contribution is 7.67. The second-order valence-corrected chi connectivity index (χ2v) is 8.21. The van der Waals surface area contributed by atoms with E-state index in [0.29, 0.717) is 24.8 Å². The molecule has 3 aliphatic heterocycles. The molecule has 3 heterocycles. The number of rotatable bonds is 4. The summed E-state index contributed by atoms with van der Waals surface area (Å²) in [6, 6.07) is -1.19. The van der Waals surface area contributed by atoms with Gasteiger partial charge < -0.3 is 15.1 Å². The predicted octanol–water partition coefficient (Wildman–Crippen LogP) is -1.08. The maximum Gasteiger partial charge on any atom is 0.346 e. The molecule has 4 rings (SSSR count). The van der Waals surface area contributed by atoms with E-state index in [0.717, 1.165) is 31.0 Å². The summed E-state index contributed by atoms with van der Waals surface area (Å²) in [5.41, 5.74) is 0.387. The number of carbonyl (C=O) groups is 2. The van der Waals surface area contributed by atoms with Crippen molar-refractivity contribution in [2.45, 2.75) is 43.8 Å². The molecule has 10 heteroatoms. The molecule has 134 valence electrons. The van der Waals surface area contributed by atoms with Crippen molar-refractivity contribution >= 4 is 22.9 Å². The van der Waals surface area contributed by atoms with Crippen molar-refractivity contribution in [3.8, 4) is 0 Å². The molecule has 0 unspecified atom stereocenters. The average Bonchev–Trinajstić information content (AvgIpc) is 2.68. The van der Waals surface area contributed by atoms with Crippen molar-refractivity contribution in [1.82, 2.24) is 20.2 Å². The summed E-state index contributed by atoms with van der Waals surface area (Å²) in [6.45, 7) is 2.52. The lowest BCUT2D eigenvalue weighted by molar-refractivity contribution is -0.131. The summed E-state index contributed by atoms with van der Waals surface area (Å²) in [4.78, 5) is 28.5. The minimum Gasteiger partial charge on any atom is -0.352 e. The summed E-state index contributed by atoms with van der Waals surface area (Å²) >= 11 is 0. The fourth-order valence-corrected chi connectivity index (χ4v) is 5.17. The highest BCUT2D eigenvalue weighted by Gasteiger charge is 2.53. The number of fused-ring (bicyclic) bond motifs is 2. The average molecular weight is 358 g/mol. The number of carbonyl (C=O) groups excluding carboxylic acids is 2. The molecule has 3 saturated heterocycles. The van der Waals surface area contributed by atoms with Gasteiger partial charge in [0.15, 0.2) is 0 Å². The largest absolute Gasteiger partial charge is 0.352 e. The number of urea groups is 1. The first-order chi connectivity index (χ1) is 11.4. The van der Waals surface area contributed by atoms with Gasteiger partial charge in [0, 0.05) is 25.7 Å². The molecule has 24 heavy (non-hydrogen) atoms. The number of likely N-dealkylation sites (tertiary alicyclic amines) is 1. The summed E-state index contributed by atoms with van der Waals surface area (Å²) in [5.74, 6) is -0.136. The van der Waals surface area contributed by atoms with Gasteiger partial charge >= 0.3 is 6.03 Å². The molecule has 0 aromatic rings. The lowest BCUT2D eigenvalue weighted by Crippen LogP contribution is -2.66. The van der Waals surface area contributed by atoms with Crippen LogP contribution in [0.2, 0.25) is 0 Å². The van der Waals surface area contributed by atoms with Gasteiger partial charge in [-0.25, -0.2) is 13.2 Å². The third-order valence-corrected chi connectivity index (χ3v) is 6.01. The van der Waals surface area contributed by atoms with E-state index in [9.17, 15) is 18.0 Å². The van der Waals surface area contributed by atoms with Crippen molar-refractivity contribution in [3.05, 3.63) is 0 Å². The predicted molar refractivity (Wildman–Crippen MR) is 83.2 cm³/mol. The fraction of sp³-hybridized carbons (Fsp3) is 0.857. The Morgan fingerprint density at radius 2 is 2.00 bits per heavy atom. The first-order valence-electron chi connectivity index (χ1n) is 8.28. The number of amides is 3. The lowest BCUT2D eigenvalue weighted by atomic mass is 9.61. The fourth-order valence-electron chi connectivity index (χ4n) is 4.83. The van der Waals surface area contributed by atoms with E-state index in [1.54, 1.807) is 0 Å². The van der Waals surface area contributed by atoms with Gasteiger partial charge in [-0.2, -0.15) is 5.06 Å². The smallest absolute Gasteiger partial charge is 0.346 e. The maximum atomic E-state index is 12.6. The molecule has 2 atom stereocenters. The molecular weight excluding hydrogens is 336 g/mol. The van der Waals surface area contributed by atoms with E-state index in [2.05, 4.69) is 21.5 Å². The summed E-state index contributed by atoms with van der Waals surface area (Å²) < 4.78 is 26.1.